The second-order valence-electron chi connectivity index (χ2n) is 8.38. The average Bonchev–Trinajstić information content (AvgIpc) is 3.08. The molecule has 0 radical (unpaired) electrons. The maximum Gasteiger partial charge on any atom is 0.252 e. The summed E-state index contributed by atoms with van der Waals surface area (Å²) in [5.74, 6) is 0.492. The third-order valence-corrected chi connectivity index (χ3v) is 6.24. The van der Waals surface area contributed by atoms with Crippen LogP contribution in [0.25, 0.3) is 16.8 Å². The fourth-order valence-electron chi connectivity index (χ4n) is 4.32. The van der Waals surface area contributed by atoms with E-state index in [9.17, 15) is 9.59 Å². The number of hydrogen-bond donors (Lipinski definition) is 1. The van der Waals surface area contributed by atoms with Gasteiger partial charge in [-0.2, -0.15) is 5.10 Å². The van der Waals surface area contributed by atoms with Crippen molar-refractivity contribution in [3.8, 4) is 17.0 Å². The van der Waals surface area contributed by atoms with E-state index in [0.29, 0.717) is 34.2 Å². The molecule has 0 spiro atoms. The lowest BCUT2D eigenvalue weighted by molar-refractivity contribution is -0.146. The van der Waals surface area contributed by atoms with Gasteiger partial charge in [0.2, 0.25) is 5.91 Å². The molecular formula is C22H25ClN6O3. The first kappa shape index (κ1) is 21.9. The van der Waals surface area contributed by atoms with Crippen molar-refractivity contribution in [1.29, 1.82) is 0 Å². The Morgan fingerprint density at radius 2 is 2.03 bits per heavy atom. The first-order valence-corrected chi connectivity index (χ1v) is 10.5. The zero-order chi connectivity index (χ0) is 23.4. The van der Waals surface area contributed by atoms with E-state index in [0.717, 1.165) is 5.56 Å². The molecule has 1 atom stereocenters. The number of anilines is 2. The third kappa shape index (κ3) is 3.24. The largest absolute Gasteiger partial charge is 0.495 e. The summed E-state index contributed by atoms with van der Waals surface area (Å²) in [4.78, 5) is 33.0. The van der Waals surface area contributed by atoms with E-state index in [1.165, 1.54) is 13.3 Å². The molecule has 3 aromatic rings. The van der Waals surface area contributed by atoms with Gasteiger partial charge in [0.25, 0.3) is 5.91 Å². The van der Waals surface area contributed by atoms with Crippen molar-refractivity contribution < 1.29 is 14.3 Å². The number of nitrogen functional groups attached to an aromatic ring is 1. The summed E-state index contributed by atoms with van der Waals surface area (Å²) in [7, 11) is 1.56. The van der Waals surface area contributed by atoms with Crippen LogP contribution in [-0.4, -0.2) is 56.5 Å². The molecule has 9 nitrogen and oxygen atoms in total. The highest BCUT2D eigenvalue weighted by Crippen LogP contribution is 2.40. The quantitative estimate of drug-likeness (QED) is 0.649. The molecule has 4 rings (SSSR count). The second kappa shape index (κ2) is 7.67. The van der Waals surface area contributed by atoms with E-state index in [2.05, 4.69) is 10.1 Å². The van der Waals surface area contributed by atoms with E-state index in [1.807, 2.05) is 19.1 Å². The molecule has 3 heterocycles. The number of piperazine rings is 1. The molecule has 1 fully saturated rings. The number of nitrogens with two attached hydrogens (primary N) is 1. The third-order valence-electron chi connectivity index (χ3n) is 5.96. The van der Waals surface area contributed by atoms with Gasteiger partial charge in [-0.1, -0.05) is 11.6 Å². The van der Waals surface area contributed by atoms with Gasteiger partial charge in [0, 0.05) is 19.0 Å². The van der Waals surface area contributed by atoms with E-state index in [1.54, 1.807) is 47.4 Å². The molecule has 32 heavy (non-hydrogen) atoms. The molecule has 1 aliphatic rings. The number of rotatable bonds is 3. The summed E-state index contributed by atoms with van der Waals surface area (Å²) in [6.45, 7) is 7.31. The first-order chi connectivity index (χ1) is 15.1. The number of fused-ring (bicyclic) bond motifs is 1. The molecule has 168 valence electrons. The highest BCUT2D eigenvalue weighted by atomic mass is 35.5. The summed E-state index contributed by atoms with van der Waals surface area (Å²) >= 11 is 6.40. The molecule has 0 bridgehead atoms. The number of hydrogen-bond acceptors (Lipinski definition) is 6. The van der Waals surface area contributed by atoms with E-state index < -0.39 is 5.54 Å². The van der Waals surface area contributed by atoms with Crippen molar-refractivity contribution in [1.82, 2.24) is 19.5 Å². The fraction of sp³-hybridized carbons (Fsp3) is 0.364. The van der Waals surface area contributed by atoms with E-state index >= 15 is 0 Å². The van der Waals surface area contributed by atoms with Crippen LogP contribution in [0.5, 0.6) is 5.75 Å². The second-order valence-corrected chi connectivity index (χ2v) is 8.79. The lowest BCUT2D eigenvalue weighted by atomic mass is 9.93. The minimum Gasteiger partial charge on any atom is -0.495 e. The van der Waals surface area contributed by atoms with Crippen LogP contribution in [0.4, 0.5) is 11.5 Å². The smallest absolute Gasteiger partial charge is 0.252 e. The average molecular weight is 457 g/mol. The normalized spacial score (nSPS) is 18.3. The number of amides is 2. The van der Waals surface area contributed by atoms with Crippen LogP contribution in [0.15, 0.2) is 30.6 Å². The molecule has 0 aliphatic carbocycles. The zero-order valence-electron chi connectivity index (χ0n) is 18.6. The highest BCUT2D eigenvalue weighted by molar-refractivity contribution is 6.35. The van der Waals surface area contributed by atoms with E-state index in [4.69, 9.17) is 22.1 Å². The van der Waals surface area contributed by atoms with Crippen LogP contribution in [0.2, 0.25) is 5.02 Å². The Bertz CT molecular complexity index is 1240. The minimum absolute atomic E-state index is 0.137. The predicted octanol–water partition coefficient (Wildman–Crippen LogP) is 3.00. The van der Waals surface area contributed by atoms with Crippen LogP contribution in [0.3, 0.4) is 0 Å². The van der Waals surface area contributed by atoms with Gasteiger partial charge in [0.05, 0.1) is 29.6 Å². The molecular weight excluding hydrogens is 432 g/mol. The van der Waals surface area contributed by atoms with Crippen molar-refractivity contribution in [3.05, 3.63) is 35.6 Å². The summed E-state index contributed by atoms with van der Waals surface area (Å²) < 4.78 is 7.21. The number of nitrogens with zero attached hydrogens (tertiary/aromatic N) is 5. The number of aromatic nitrogens is 3. The summed E-state index contributed by atoms with van der Waals surface area (Å²) in [5, 5.41) is 4.72. The SMILES string of the molecule is COc1ccc(-c2cc(Cl)c3c(N)ncnn23)cc1N1C(=O)C(C)(C)N(C(C)=O)C[C@@H]1C. The number of carbonyl (C=O) groups is 2. The van der Waals surface area contributed by atoms with Crippen molar-refractivity contribution in [2.75, 3.05) is 24.3 Å². The lowest BCUT2D eigenvalue weighted by Gasteiger charge is -2.49. The van der Waals surface area contributed by atoms with Gasteiger partial charge in [-0.25, -0.2) is 9.50 Å². The molecule has 0 saturated carbocycles. The Kier molecular flexibility index (Phi) is 5.24. The highest BCUT2D eigenvalue weighted by Gasteiger charge is 2.47. The topological polar surface area (TPSA) is 106 Å². The maximum absolute atomic E-state index is 13.6. The van der Waals surface area contributed by atoms with Gasteiger partial charge in [0.15, 0.2) is 5.82 Å². The Labute approximate surface area is 190 Å². The molecule has 10 heteroatoms. The van der Waals surface area contributed by atoms with Crippen molar-refractivity contribution in [2.24, 2.45) is 0 Å². The number of methoxy groups -OCH3 is 1. The van der Waals surface area contributed by atoms with Crippen LogP contribution in [0.1, 0.15) is 27.7 Å². The predicted molar refractivity (Wildman–Crippen MR) is 123 cm³/mol. The minimum atomic E-state index is -0.994. The standard InChI is InChI=1S/C22H25ClN6O3/c1-12-10-27(13(2)30)22(3,4)21(31)28(12)17-8-14(6-7-18(17)32-5)16-9-15(23)19-20(24)25-11-26-29(16)19/h6-9,11-12H,10H2,1-5H3,(H2,24,25,26)/t12-/m0/s1. The number of halogens is 1. The van der Waals surface area contributed by atoms with Crippen molar-refractivity contribution in [3.63, 3.8) is 0 Å². The van der Waals surface area contributed by atoms with Crippen molar-refractivity contribution in [2.45, 2.75) is 39.3 Å². The van der Waals surface area contributed by atoms with Crippen molar-refractivity contribution >= 4 is 40.4 Å². The summed E-state index contributed by atoms with van der Waals surface area (Å²) in [6.07, 6.45) is 1.36. The Morgan fingerprint density at radius 1 is 1.31 bits per heavy atom. The Hall–Kier alpha value is -3.33. The maximum atomic E-state index is 13.6. The van der Waals surface area contributed by atoms with Crippen LogP contribution >= 0.6 is 11.6 Å². The lowest BCUT2D eigenvalue weighted by Crippen LogP contribution is -2.67. The van der Waals surface area contributed by atoms with Crippen LogP contribution in [-0.2, 0) is 9.59 Å². The van der Waals surface area contributed by atoms with Gasteiger partial charge in [-0.15, -0.1) is 0 Å². The Balaban J connectivity index is 1.87. The molecule has 2 N–H and O–H groups in total. The number of ether oxygens (including phenoxy) is 1. The Morgan fingerprint density at radius 3 is 2.69 bits per heavy atom. The van der Waals surface area contributed by atoms with Gasteiger partial charge in [-0.3, -0.25) is 9.59 Å². The molecule has 2 aromatic heterocycles. The first-order valence-electron chi connectivity index (χ1n) is 10.2. The number of carbonyl (C=O) groups excluding carboxylic acids is 2. The van der Waals surface area contributed by atoms with Crippen LogP contribution in [0, 0.1) is 0 Å². The number of benzene rings is 1. The van der Waals surface area contributed by atoms with Gasteiger partial charge < -0.3 is 20.3 Å². The molecule has 0 unspecified atom stereocenters. The van der Waals surface area contributed by atoms with Gasteiger partial charge in [-0.05, 0) is 45.0 Å². The van der Waals surface area contributed by atoms with Gasteiger partial charge in [0.1, 0.15) is 23.1 Å². The molecule has 2 amide bonds. The molecule has 1 aromatic carbocycles. The van der Waals surface area contributed by atoms with Crippen LogP contribution < -0.4 is 15.4 Å². The zero-order valence-corrected chi connectivity index (χ0v) is 19.3. The summed E-state index contributed by atoms with van der Waals surface area (Å²) in [6, 6.07) is 7.03. The summed E-state index contributed by atoms with van der Waals surface area (Å²) in [5.41, 5.74) is 7.58. The molecule has 1 aliphatic heterocycles. The van der Waals surface area contributed by atoms with E-state index in [-0.39, 0.29) is 23.7 Å². The van der Waals surface area contributed by atoms with Gasteiger partial charge >= 0.3 is 0 Å². The molecule has 1 saturated heterocycles. The monoisotopic (exact) mass is 456 g/mol. The fourth-order valence-corrected chi connectivity index (χ4v) is 4.60.